The molecule has 3 aromatic rings. The van der Waals surface area contributed by atoms with Gasteiger partial charge in [0.15, 0.2) is 0 Å². The lowest BCUT2D eigenvalue weighted by Crippen LogP contribution is -2.04. The number of hydrogen-bond acceptors (Lipinski definition) is 2. The van der Waals surface area contributed by atoms with Gasteiger partial charge >= 0.3 is 0 Å². The number of aryl methyl sites for hydroxylation is 2. The Kier molecular flexibility index (Phi) is 3.40. The predicted octanol–water partition coefficient (Wildman–Crippen LogP) is 2.84. The van der Waals surface area contributed by atoms with Crippen LogP contribution < -0.4 is 5.73 Å². The Morgan fingerprint density at radius 1 is 1.25 bits per heavy atom. The van der Waals surface area contributed by atoms with Crippen LogP contribution in [0.3, 0.4) is 0 Å². The minimum atomic E-state index is 0.602. The summed E-state index contributed by atoms with van der Waals surface area (Å²) < 4.78 is 5.12. The summed E-state index contributed by atoms with van der Waals surface area (Å²) in [6.07, 6.45) is 2.93. The van der Waals surface area contributed by atoms with E-state index >= 15 is 0 Å². The number of benzene rings is 1. The van der Waals surface area contributed by atoms with Gasteiger partial charge in [0.05, 0.1) is 15.9 Å². The number of aromatic nitrogens is 3. The zero-order valence-electron chi connectivity index (χ0n) is 11.6. The van der Waals surface area contributed by atoms with E-state index in [2.05, 4.69) is 63.1 Å². The van der Waals surface area contributed by atoms with E-state index in [1.807, 2.05) is 11.7 Å². The maximum Gasteiger partial charge on any atom is 0.0845 e. The number of halogens is 1. The summed E-state index contributed by atoms with van der Waals surface area (Å²) in [5, 5.41) is 5.81. The third kappa shape index (κ3) is 1.98. The molecule has 4 nitrogen and oxygen atoms in total. The number of nitrogens with two attached hydrogens (primary N) is 1. The lowest BCUT2D eigenvalue weighted by atomic mass is 10.1. The van der Waals surface area contributed by atoms with Crippen molar-refractivity contribution in [1.82, 2.24) is 14.3 Å². The van der Waals surface area contributed by atoms with Gasteiger partial charge in [0.2, 0.25) is 0 Å². The highest BCUT2D eigenvalue weighted by Crippen LogP contribution is 2.36. The molecule has 0 atom stereocenters. The third-order valence-corrected chi connectivity index (χ3v) is 4.42. The summed E-state index contributed by atoms with van der Waals surface area (Å²) >= 11 is 3.69. The van der Waals surface area contributed by atoms with Crippen LogP contribution in [-0.2, 0) is 20.5 Å². The molecule has 20 heavy (non-hydrogen) atoms. The first-order valence-electron chi connectivity index (χ1n) is 6.59. The van der Waals surface area contributed by atoms with E-state index in [-0.39, 0.29) is 0 Å². The van der Waals surface area contributed by atoms with E-state index in [0.29, 0.717) is 6.54 Å². The van der Waals surface area contributed by atoms with Gasteiger partial charge in [-0.3, -0.25) is 4.68 Å². The van der Waals surface area contributed by atoms with Gasteiger partial charge in [-0.1, -0.05) is 18.2 Å². The van der Waals surface area contributed by atoms with Gasteiger partial charge in [-0.2, -0.15) is 5.10 Å². The zero-order chi connectivity index (χ0) is 14.3. The molecule has 0 spiro atoms. The minimum absolute atomic E-state index is 0.602. The molecule has 0 radical (unpaired) electrons. The van der Waals surface area contributed by atoms with Crippen LogP contribution in [0.2, 0.25) is 0 Å². The second-order valence-electron chi connectivity index (χ2n) is 4.94. The molecule has 2 aromatic heterocycles. The predicted molar refractivity (Wildman–Crippen MR) is 85.6 cm³/mol. The Hall–Kier alpha value is -1.59. The molecule has 0 amide bonds. The topological polar surface area (TPSA) is 48.8 Å². The van der Waals surface area contributed by atoms with E-state index in [4.69, 9.17) is 5.73 Å². The Bertz CT molecular complexity index is 770. The number of rotatable bonds is 3. The smallest absolute Gasteiger partial charge is 0.0845 e. The number of para-hydroxylation sites is 1. The van der Waals surface area contributed by atoms with Gasteiger partial charge in [0.25, 0.3) is 0 Å². The summed E-state index contributed by atoms with van der Waals surface area (Å²) in [6.45, 7) is 0.602. The van der Waals surface area contributed by atoms with Gasteiger partial charge in [-0.15, -0.1) is 0 Å². The SMILES string of the molecule is Cn1nc(CCN)c(Br)c1-c1cn(C)c2ccccc12. The number of nitrogens with zero attached hydrogens (tertiary/aromatic N) is 3. The van der Waals surface area contributed by atoms with Crippen LogP contribution in [0, 0.1) is 0 Å². The fourth-order valence-corrected chi connectivity index (χ4v) is 3.42. The molecule has 3 rings (SSSR count). The van der Waals surface area contributed by atoms with Crippen molar-refractivity contribution >= 4 is 26.8 Å². The first-order chi connectivity index (χ1) is 9.63. The van der Waals surface area contributed by atoms with Crippen molar-refractivity contribution in [3.63, 3.8) is 0 Å². The third-order valence-electron chi connectivity index (χ3n) is 3.59. The highest BCUT2D eigenvalue weighted by molar-refractivity contribution is 9.10. The Morgan fingerprint density at radius 2 is 2.00 bits per heavy atom. The fraction of sp³-hybridized carbons (Fsp3) is 0.267. The van der Waals surface area contributed by atoms with E-state index in [0.717, 1.165) is 22.3 Å². The number of hydrogen-bond donors (Lipinski definition) is 1. The van der Waals surface area contributed by atoms with Gasteiger partial charge < -0.3 is 10.3 Å². The second kappa shape index (κ2) is 5.07. The molecule has 1 aromatic carbocycles. The van der Waals surface area contributed by atoms with Crippen LogP contribution in [0.1, 0.15) is 5.69 Å². The summed E-state index contributed by atoms with van der Waals surface area (Å²) in [6, 6.07) is 8.40. The molecule has 0 saturated carbocycles. The Balaban J connectivity index is 2.26. The van der Waals surface area contributed by atoms with E-state index in [9.17, 15) is 0 Å². The summed E-state index contributed by atoms with van der Waals surface area (Å²) in [7, 11) is 4.04. The Morgan fingerprint density at radius 3 is 2.75 bits per heavy atom. The van der Waals surface area contributed by atoms with Crippen LogP contribution in [0.4, 0.5) is 0 Å². The second-order valence-corrected chi connectivity index (χ2v) is 5.74. The Labute approximate surface area is 126 Å². The van der Waals surface area contributed by atoms with Crippen molar-refractivity contribution in [2.45, 2.75) is 6.42 Å². The molecule has 0 saturated heterocycles. The molecule has 0 aliphatic heterocycles. The van der Waals surface area contributed by atoms with Crippen LogP contribution >= 0.6 is 15.9 Å². The molecule has 104 valence electrons. The van der Waals surface area contributed by atoms with Crippen molar-refractivity contribution in [2.75, 3.05) is 6.54 Å². The molecule has 0 bridgehead atoms. The van der Waals surface area contributed by atoms with Crippen molar-refractivity contribution in [2.24, 2.45) is 19.8 Å². The maximum absolute atomic E-state index is 5.65. The first kappa shape index (κ1) is 13.4. The zero-order valence-corrected chi connectivity index (χ0v) is 13.2. The lowest BCUT2D eigenvalue weighted by Gasteiger charge is -2.01. The monoisotopic (exact) mass is 332 g/mol. The normalized spacial score (nSPS) is 11.4. The molecule has 5 heteroatoms. The van der Waals surface area contributed by atoms with Crippen LogP contribution in [0.5, 0.6) is 0 Å². The largest absolute Gasteiger partial charge is 0.350 e. The molecule has 2 heterocycles. The average Bonchev–Trinajstić information content (AvgIpc) is 2.90. The molecule has 0 aliphatic carbocycles. The van der Waals surface area contributed by atoms with Gasteiger partial charge in [-0.05, 0) is 28.5 Å². The van der Waals surface area contributed by atoms with Crippen LogP contribution in [0.15, 0.2) is 34.9 Å². The maximum atomic E-state index is 5.65. The molecular weight excluding hydrogens is 316 g/mol. The summed E-state index contributed by atoms with van der Waals surface area (Å²) in [5.41, 5.74) is 10.2. The minimum Gasteiger partial charge on any atom is -0.350 e. The van der Waals surface area contributed by atoms with Crippen molar-refractivity contribution in [3.05, 3.63) is 40.6 Å². The quantitative estimate of drug-likeness (QED) is 0.801. The van der Waals surface area contributed by atoms with Crippen LogP contribution in [-0.4, -0.2) is 20.9 Å². The van der Waals surface area contributed by atoms with Crippen molar-refractivity contribution < 1.29 is 0 Å². The van der Waals surface area contributed by atoms with E-state index < -0.39 is 0 Å². The molecule has 2 N–H and O–H groups in total. The molecule has 0 fully saturated rings. The fourth-order valence-electron chi connectivity index (χ4n) is 2.67. The highest BCUT2D eigenvalue weighted by Gasteiger charge is 2.18. The molecule has 0 aliphatic rings. The molecule has 0 unspecified atom stereocenters. The van der Waals surface area contributed by atoms with Crippen LogP contribution in [0.25, 0.3) is 22.2 Å². The molecular formula is C15H17BrN4. The number of fused-ring (bicyclic) bond motifs is 1. The first-order valence-corrected chi connectivity index (χ1v) is 7.38. The van der Waals surface area contributed by atoms with Gasteiger partial charge in [0, 0.05) is 43.2 Å². The van der Waals surface area contributed by atoms with Crippen molar-refractivity contribution in [3.8, 4) is 11.3 Å². The van der Waals surface area contributed by atoms with Gasteiger partial charge in [-0.25, -0.2) is 0 Å². The van der Waals surface area contributed by atoms with E-state index in [1.165, 1.54) is 16.5 Å². The van der Waals surface area contributed by atoms with Gasteiger partial charge in [0.1, 0.15) is 0 Å². The standard InChI is InChI=1S/C15H17BrN4/c1-19-9-11(10-5-3-4-6-13(10)19)15-14(16)12(7-8-17)18-20(15)2/h3-6,9H,7-8,17H2,1-2H3. The van der Waals surface area contributed by atoms with E-state index in [1.54, 1.807) is 0 Å². The average molecular weight is 333 g/mol. The van der Waals surface area contributed by atoms with Crippen molar-refractivity contribution in [1.29, 1.82) is 0 Å². The summed E-state index contributed by atoms with van der Waals surface area (Å²) in [4.78, 5) is 0. The summed E-state index contributed by atoms with van der Waals surface area (Å²) in [5.74, 6) is 0. The lowest BCUT2D eigenvalue weighted by molar-refractivity contribution is 0.745. The highest BCUT2D eigenvalue weighted by atomic mass is 79.9.